The third kappa shape index (κ3) is 3.46. The Labute approximate surface area is 134 Å². The van der Waals surface area contributed by atoms with Gasteiger partial charge in [-0.15, -0.1) is 4.98 Å². The second-order valence-corrected chi connectivity index (χ2v) is 5.48. The van der Waals surface area contributed by atoms with Crippen molar-refractivity contribution in [3.63, 3.8) is 0 Å². The average Bonchev–Trinajstić information content (AvgIpc) is 2.61. The zero-order valence-electron chi connectivity index (χ0n) is 13.6. The number of piperidine rings is 1. The van der Waals surface area contributed by atoms with E-state index in [2.05, 4.69) is 29.8 Å². The van der Waals surface area contributed by atoms with Crippen LogP contribution in [0.2, 0.25) is 0 Å². The van der Waals surface area contributed by atoms with Crippen LogP contribution in [0.1, 0.15) is 30.1 Å². The summed E-state index contributed by atoms with van der Waals surface area (Å²) in [5.41, 5.74) is 1.95. The number of ether oxygens (including phenoxy) is 2. The van der Waals surface area contributed by atoms with Gasteiger partial charge in [-0.1, -0.05) is 0 Å². The Kier molecular flexibility index (Phi) is 4.50. The van der Waals surface area contributed by atoms with Crippen LogP contribution < -0.4 is 14.4 Å². The Balaban J connectivity index is 1.83. The normalized spacial score (nSPS) is 17.9. The molecule has 122 valence electrons. The first-order valence-electron chi connectivity index (χ1n) is 7.57. The van der Waals surface area contributed by atoms with Crippen molar-refractivity contribution in [2.45, 2.75) is 25.7 Å². The summed E-state index contributed by atoms with van der Waals surface area (Å²) < 4.78 is 10.2. The van der Waals surface area contributed by atoms with Crippen molar-refractivity contribution in [1.82, 2.24) is 24.9 Å². The van der Waals surface area contributed by atoms with Gasteiger partial charge in [0.25, 0.3) is 0 Å². The van der Waals surface area contributed by atoms with E-state index in [0.717, 1.165) is 37.3 Å². The molecule has 8 nitrogen and oxygen atoms in total. The molecule has 3 heterocycles. The Morgan fingerprint density at radius 1 is 1.04 bits per heavy atom. The molecule has 0 unspecified atom stereocenters. The molecule has 0 saturated carbocycles. The van der Waals surface area contributed by atoms with Crippen LogP contribution >= 0.6 is 0 Å². The van der Waals surface area contributed by atoms with Gasteiger partial charge in [0.2, 0.25) is 5.95 Å². The van der Waals surface area contributed by atoms with Gasteiger partial charge >= 0.3 is 12.0 Å². The van der Waals surface area contributed by atoms with Gasteiger partial charge in [-0.25, -0.2) is 0 Å². The van der Waals surface area contributed by atoms with Crippen LogP contribution in [0.15, 0.2) is 12.4 Å². The highest BCUT2D eigenvalue weighted by molar-refractivity contribution is 5.34. The third-order valence-electron chi connectivity index (χ3n) is 3.84. The van der Waals surface area contributed by atoms with E-state index in [9.17, 15) is 0 Å². The summed E-state index contributed by atoms with van der Waals surface area (Å²) in [6.45, 7) is 3.62. The van der Waals surface area contributed by atoms with Crippen molar-refractivity contribution in [3.8, 4) is 12.0 Å². The number of anilines is 1. The predicted molar refractivity (Wildman–Crippen MR) is 83.9 cm³/mol. The Morgan fingerprint density at radius 3 is 2.43 bits per heavy atom. The van der Waals surface area contributed by atoms with Gasteiger partial charge in [-0.05, 0) is 19.8 Å². The zero-order valence-corrected chi connectivity index (χ0v) is 13.6. The molecular weight excluding hydrogens is 296 g/mol. The first-order chi connectivity index (χ1) is 11.2. The number of rotatable bonds is 4. The number of aromatic nitrogens is 5. The molecule has 1 aliphatic rings. The largest absolute Gasteiger partial charge is 0.467 e. The van der Waals surface area contributed by atoms with Crippen molar-refractivity contribution in [3.05, 3.63) is 23.8 Å². The van der Waals surface area contributed by atoms with E-state index in [0.29, 0.717) is 11.9 Å². The highest BCUT2D eigenvalue weighted by atomic mass is 16.5. The molecule has 0 aromatic carbocycles. The van der Waals surface area contributed by atoms with Crippen molar-refractivity contribution in [1.29, 1.82) is 0 Å². The second kappa shape index (κ2) is 6.72. The lowest BCUT2D eigenvalue weighted by Crippen LogP contribution is -2.36. The summed E-state index contributed by atoms with van der Waals surface area (Å²) >= 11 is 0. The van der Waals surface area contributed by atoms with Crippen molar-refractivity contribution >= 4 is 5.95 Å². The van der Waals surface area contributed by atoms with Crippen molar-refractivity contribution in [2.24, 2.45) is 0 Å². The van der Waals surface area contributed by atoms with E-state index in [4.69, 9.17) is 9.47 Å². The first kappa shape index (κ1) is 15.4. The number of methoxy groups -OCH3 is 2. The molecule has 0 spiro atoms. The van der Waals surface area contributed by atoms with Gasteiger partial charge in [0, 0.05) is 31.4 Å². The van der Waals surface area contributed by atoms with Crippen LogP contribution in [0.25, 0.3) is 0 Å². The Hall–Kier alpha value is -2.51. The topological polar surface area (TPSA) is 86.2 Å². The van der Waals surface area contributed by atoms with E-state index in [-0.39, 0.29) is 12.0 Å². The van der Waals surface area contributed by atoms with Gasteiger partial charge in [-0.2, -0.15) is 9.97 Å². The monoisotopic (exact) mass is 316 g/mol. The molecule has 8 heteroatoms. The van der Waals surface area contributed by atoms with E-state index < -0.39 is 0 Å². The second-order valence-electron chi connectivity index (χ2n) is 5.48. The molecule has 0 aliphatic carbocycles. The molecule has 2 aromatic rings. The van der Waals surface area contributed by atoms with E-state index in [1.165, 1.54) is 14.2 Å². The van der Waals surface area contributed by atoms with E-state index >= 15 is 0 Å². The first-order valence-corrected chi connectivity index (χ1v) is 7.57. The lowest BCUT2D eigenvalue weighted by molar-refractivity contribution is 0.338. The Morgan fingerprint density at radius 2 is 1.78 bits per heavy atom. The molecule has 0 radical (unpaired) electrons. The Bertz CT molecular complexity index is 659. The maximum atomic E-state index is 5.12. The lowest BCUT2D eigenvalue weighted by Gasteiger charge is -2.32. The number of hydrogen-bond acceptors (Lipinski definition) is 8. The van der Waals surface area contributed by atoms with Gasteiger partial charge in [0.15, 0.2) is 0 Å². The number of aryl methyl sites for hydroxylation is 1. The molecule has 1 fully saturated rings. The SMILES string of the molecule is COc1nc(OC)nc(N2CCC[C@@H](c3cncc(C)n3)C2)n1. The predicted octanol–water partition coefficient (Wildman–Crippen LogP) is 1.37. The quantitative estimate of drug-likeness (QED) is 0.836. The molecule has 2 aromatic heterocycles. The minimum absolute atomic E-state index is 0.254. The van der Waals surface area contributed by atoms with Gasteiger partial charge in [-0.3, -0.25) is 9.97 Å². The summed E-state index contributed by atoms with van der Waals surface area (Å²) in [5.74, 6) is 0.879. The average molecular weight is 316 g/mol. The summed E-state index contributed by atoms with van der Waals surface area (Å²) in [4.78, 5) is 23.7. The molecule has 23 heavy (non-hydrogen) atoms. The van der Waals surface area contributed by atoms with Gasteiger partial charge < -0.3 is 14.4 Å². The van der Waals surface area contributed by atoms with Crippen LogP contribution in [0.5, 0.6) is 12.0 Å². The highest BCUT2D eigenvalue weighted by Crippen LogP contribution is 2.28. The van der Waals surface area contributed by atoms with Crippen LogP contribution in [0.4, 0.5) is 5.95 Å². The number of hydrogen-bond donors (Lipinski definition) is 0. The molecule has 1 atom stereocenters. The maximum Gasteiger partial charge on any atom is 0.324 e. The molecule has 0 bridgehead atoms. The summed E-state index contributed by atoms with van der Waals surface area (Å²) in [6, 6.07) is 0.508. The van der Waals surface area contributed by atoms with Crippen molar-refractivity contribution < 1.29 is 9.47 Å². The van der Waals surface area contributed by atoms with Crippen LogP contribution in [-0.2, 0) is 0 Å². The number of nitrogens with zero attached hydrogens (tertiary/aromatic N) is 6. The minimum Gasteiger partial charge on any atom is -0.467 e. The fraction of sp³-hybridized carbons (Fsp3) is 0.533. The fourth-order valence-electron chi connectivity index (χ4n) is 2.73. The molecule has 1 aliphatic heterocycles. The van der Waals surface area contributed by atoms with Gasteiger partial charge in [0.05, 0.1) is 25.6 Å². The van der Waals surface area contributed by atoms with Gasteiger partial charge in [0.1, 0.15) is 0 Å². The molecule has 1 saturated heterocycles. The zero-order chi connectivity index (χ0) is 16.2. The lowest BCUT2D eigenvalue weighted by atomic mass is 9.95. The molecule has 0 amide bonds. The van der Waals surface area contributed by atoms with Crippen LogP contribution in [0.3, 0.4) is 0 Å². The fourth-order valence-corrected chi connectivity index (χ4v) is 2.73. The molecular formula is C15H20N6O2. The standard InChI is InChI=1S/C15H20N6O2/c1-10-7-16-8-12(17-10)11-5-4-6-21(9-11)13-18-14(22-2)20-15(19-13)23-3/h7-8,11H,4-6,9H2,1-3H3/t11-/m1/s1. The summed E-state index contributed by atoms with van der Waals surface area (Å²) in [6.07, 6.45) is 5.73. The molecule has 0 N–H and O–H groups in total. The maximum absolute atomic E-state index is 5.12. The summed E-state index contributed by atoms with van der Waals surface area (Å²) in [5, 5.41) is 0. The van der Waals surface area contributed by atoms with E-state index in [1.807, 2.05) is 13.1 Å². The van der Waals surface area contributed by atoms with Crippen LogP contribution in [0, 0.1) is 6.92 Å². The van der Waals surface area contributed by atoms with Crippen LogP contribution in [-0.4, -0.2) is 52.2 Å². The molecule has 3 rings (SSSR count). The third-order valence-corrected chi connectivity index (χ3v) is 3.84. The smallest absolute Gasteiger partial charge is 0.324 e. The summed E-state index contributed by atoms with van der Waals surface area (Å²) in [7, 11) is 3.06. The van der Waals surface area contributed by atoms with E-state index in [1.54, 1.807) is 6.20 Å². The minimum atomic E-state index is 0.254. The highest BCUT2D eigenvalue weighted by Gasteiger charge is 2.25. The van der Waals surface area contributed by atoms with Crippen molar-refractivity contribution in [2.75, 3.05) is 32.2 Å².